The van der Waals surface area contributed by atoms with Crippen molar-refractivity contribution in [1.82, 2.24) is 0 Å². The van der Waals surface area contributed by atoms with E-state index in [1.54, 1.807) is 6.26 Å². The van der Waals surface area contributed by atoms with E-state index in [1.807, 2.05) is 6.26 Å². The first-order chi connectivity index (χ1) is 25.8. The van der Waals surface area contributed by atoms with Crippen molar-refractivity contribution < 1.29 is 4.42 Å². The Labute approximate surface area is 306 Å². The molecule has 0 bridgehead atoms. The third kappa shape index (κ3) is 4.29. The number of benzene rings is 9. The molecule has 0 aliphatic rings. The Bertz CT molecular complexity index is 3050. The molecule has 9 aromatic carbocycles. The zero-order valence-electron chi connectivity index (χ0n) is 28.1. The summed E-state index contributed by atoms with van der Waals surface area (Å²) >= 11 is 0.123. The quantitative estimate of drug-likeness (QED) is 0.130. The summed E-state index contributed by atoms with van der Waals surface area (Å²) in [6, 6.07) is 62.7. The van der Waals surface area contributed by atoms with Crippen molar-refractivity contribution in [1.29, 1.82) is 0 Å². The second-order valence-electron chi connectivity index (χ2n) is 13.5. The van der Waals surface area contributed by atoms with Crippen molar-refractivity contribution >= 4 is 76.9 Å². The molecule has 0 unspecified atom stereocenters. The molecule has 0 aliphatic heterocycles. The van der Waals surface area contributed by atoms with E-state index in [0.717, 1.165) is 5.56 Å². The molecule has 11 aromatic rings. The van der Waals surface area contributed by atoms with Crippen LogP contribution in [0.4, 0.5) is 0 Å². The zero-order chi connectivity index (χ0) is 34.2. The Kier molecular flexibility index (Phi) is 6.64. The molecule has 52 heavy (non-hydrogen) atoms. The molecule has 0 amide bonds. The summed E-state index contributed by atoms with van der Waals surface area (Å²) in [5.41, 5.74) is 10.2. The third-order valence-electron chi connectivity index (χ3n) is 10.8. The van der Waals surface area contributed by atoms with Gasteiger partial charge < -0.3 is 0 Å². The Balaban J connectivity index is 1.25. The average Bonchev–Trinajstić information content (AvgIpc) is 3.88. The van der Waals surface area contributed by atoms with E-state index in [1.165, 1.54) is 101 Å². The van der Waals surface area contributed by atoms with Crippen molar-refractivity contribution in [2.75, 3.05) is 0 Å². The number of rotatable bonds is 4. The molecule has 0 fully saturated rings. The molecule has 242 valence electrons. The van der Waals surface area contributed by atoms with E-state index in [0.29, 0.717) is 0 Å². The first kappa shape index (κ1) is 29.5. The van der Waals surface area contributed by atoms with Gasteiger partial charge in [-0.05, 0) is 0 Å². The normalized spacial score (nSPS) is 11.8. The Morgan fingerprint density at radius 3 is 1.31 bits per heavy atom. The molecule has 11 rings (SSSR count). The van der Waals surface area contributed by atoms with Crippen LogP contribution in [0.2, 0.25) is 0 Å². The first-order valence-electron chi connectivity index (χ1n) is 17.7. The summed E-state index contributed by atoms with van der Waals surface area (Å²) in [5.74, 6) is 0. The molecule has 0 spiro atoms. The molecule has 0 saturated heterocycles. The SMILES string of the molecule is c1ccc(-c2c3ccccc3c(-c3cccc4[se]c5c(-c6c7ccccc7c(-c7ccoc7)c7ccccc67)cccc5c34)c3ccccc23)cc1. The minimum atomic E-state index is 0.123. The summed E-state index contributed by atoms with van der Waals surface area (Å²) in [5, 5.41) is 12.9. The number of fused-ring (bicyclic) bond motifs is 7. The van der Waals surface area contributed by atoms with Crippen LogP contribution in [-0.4, -0.2) is 14.5 Å². The van der Waals surface area contributed by atoms with Crippen LogP contribution < -0.4 is 0 Å². The van der Waals surface area contributed by atoms with Gasteiger partial charge in [-0.15, -0.1) is 0 Å². The van der Waals surface area contributed by atoms with E-state index in [4.69, 9.17) is 4.42 Å². The van der Waals surface area contributed by atoms with E-state index >= 15 is 0 Å². The van der Waals surface area contributed by atoms with Crippen molar-refractivity contribution in [3.63, 3.8) is 0 Å². The molecular weight excluding hydrogens is 696 g/mol. The summed E-state index contributed by atoms with van der Waals surface area (Å²) in [6.07, 6.45) is 3.64. The number of furan rings is 1. The second kappa shape index (κ2) is 11.7. The van der Waals surface area contributed by atoms with Crippen LogP contribution in [0.15, 0.2) is 187 Å². The van der Waals surface area contributed by atoms with E-state index in [9.17, 15) is 0 Å². The van der Waals surface area contributed by atoms with Gasteiger partial charge >= 0.3 is 308 Å². The van der Waals surface area contributed by atoms with Gasteiger partial charge in [0.1, 0.15) is 0 Å². The molecule has 0 atom stereocenters. The fourth-order valence-corrected chi connectivity index (χ4v) is 11.3. The predicted octanol–water partition coefficient (Wildman–Crippen LogP) is 13.9. The van der Waals surface area contributed by atoms with Gasteiger partial charge in [0.25, 0.3) is 0 Å². The third-order valence-corrected chi connectivity index (χ3v) is 13.3. The summed E-state index contributed by atoms with van der Waals surface area (Å²) in [6.45, 7) is 0. The number of hydrogen-bond donors (Lipinski definition) is 0. The molecule has 2 heteroatoms. The Morgan fingerprint density at radius 1 is 0.327 bits per heavy atom. The Morgan fingerprint density at radius 2 is 0.769 bits per heavy atom. The van der Waals surface area contributed by atoms with Crippen LogP contribution in [0.5, 0.6) is 0 Å². The molecule has 0 N–H and O–H groups in total. The van der Waals surface area contributed by atoms with Crippen molar-refractivity contribution in [2.24, 2.45) is 0 Å². The molecule has 0 radical (unpaired) electrons. The van der Waals surface area contributed by atoms with Crippen LogP contribution >= 0.6 is 0 Å². The monoisotopic (exact) mass is 726 g/mol. The van der Waals surface area contributed by atoms with Crippen LogP contribution in [0.3, 0.4) is 0 Å². The maximum absolute atomic E-state index is 5.61. The minimum absolute atomic E-state index is 0.123. The molecule has 2 heterocycles. The number of hydrogen-bond acceptors (Lipinski definition) is 1. The van der Waals surface area contributed by atoms with E-state index < -0.39 is 0 Å². The van der Waals surface area contributed by atoms with E-state index in [2.05, 4.69) is 170 Å². The predicted molar refractivity (Wildman–Crippen MR) is 222 cm³/mol. The zero-order valence-corrected chi connectivity index (χ0v) is 29.9. The van der Waals surface area contributed by atoms with Crippen molar-refractivity contribution in [3.8, 4) is 44.5 Å². The van der Waals surface area contributed by atoms with Gasteiger partial charge in [-0.3, -0.25) is 0 Å². The van der Waals surface area contributed by atoms with E-state index in [-0.39, 0.29) is 14.5 Å². The van der Waals surface area contributed by atoms with Crippen LogP contribution in [0.25, 0.3) is 107 Å². The Hall–Kier alpha value is -6.18. The molecule has 1 nitrogen and oxygen atoms in total. The first-order valence-corrected chi connectivity index (χ1v) is 19.5. The fraction of sp³-hybridized carbons (Fsp3) is 0. The van der Waals surface area contributed by atoms with Crippen molar-refractivity contribution in [3.05, 3.63) is 182 Å². The average molecular weight is 726 g/mol. The fourth-order valence-electron chi connectivity index (χ4n) is 8.72. The van der Waals surface area contributed by atoms with Crippen LogP contribution in [-0.2, 0) is 0 Å². The molecule has 0 saturated carbocycles. The summed E-state index contributed by atoms with van der Waals surface area (Å²) in [7, 11) is 0. The maximum atomic E-state index is 5.61. The van der Waals surface area contributed by atoms with Gasteiger partial charge in [-0.2, -0.15) is 0 Å². The van der Waals surface area contributed by atoms with Crippen molar-refractivity contribution in [2.45, 2.75) is 0 Å². The summed E-state index contributed by atoms with van der Waals surface area (Å²) < 4.78 is 8.51. The molecule has 0 aliphatic carbocycles. The van der Waals surface area contributed by atoms with Gasteiger partial charge in [0.05, 0.1) is 0 Å². The molecule has 2 aromatic heterocycles. The molecular formula is C50H30OSe. The van der Waals surface area contributed by atoms with Gasteiger partial charge in [-0.25, -0.2) is 0 Å². The topological polar surface area (TPSA) is 13.1 Å². The van der Waals surface area contributed by atoms with Gasteiger partial charge in [0.2, 0.25) is 0 Å². The van der Waals surface area contributed by atoms with Gasteiger partial charge in [-0.1, -0.05) is 0 Å². The van der Waals surface area contributed by atoms with Crippen LogP contribution in [0, 0.1) is 0 Å². The second-order valence-corrected chi connectivity index (χ2v) is 15.7. The standard InChI is InChI=1S/C50H30OSe/c1-2-14-31(15-3-1)45-33-16-4-8-20-37(33)47(38-21-9-5-17-34(38)45)41-24-13-27-44-49(41)43-26-12-25-42(50(43)52-44)48-39-22-10-6-18-35(39)46(32-28-29-51-30-32)36-19-7-11-23-40(36)48/h1-30H. The summed E-state index contributed by atoms with van der Waals surface area (Å²) in [4.78, 5) is 0. The van der Waals surface area contributed by atoms with Gasteiger partial charge in [0, 0.05) is 0 Å². The van der Waals surface area contributed by atoms with Crippen LogP contribution in [0.1, 0.15) is 0 Å². The van der Waals surface area contributed by atoms with Gasteiger partial charge in [0.15, 0.2) is 0 Å².